The van der Waals surface area contributed by atoms with E-state index in [0.717, 1.165) is 30.7 Å². The van der Waals surface area contributed by atoms with Crippen LogP contribution in [0.2, 0.25) is 0 Å². The van der Waals surface area contributed by atoms with Gasteiger partial charge in [0.25, 0.3) is 0 Å². The summed E-state index contributed by atoms with van der Waals surface area (Å²) in [7, 11) is 4.03. The molecule has 1 aromatic rings. The average Bonchev–Trinajstić information content (AvgIpc) is 2.30. The van der Waals surface area contributed by atoms with Gasteiger partial charge in [-0.25, -0.2) is 0 Å². The maximum absolute atomic E-state index is 11.8. The first kappa shape index (κ1) is 12.1. The molecule has 0 radical (unpaired) electrons. The third-order valence-electron chi connectivity index (χ3n) is 3.04. The number of carbonyl (C=O) groups is 1. The largest absolute Gasteiger partial charge is 0.492 e. The van der Waals surface area contributed by atoms with Crippen molar-refractivity contribution >= 4 is 5.78 Å². The molecule has 0 fully saturated rings. The molecular weight excluding hydrogens is 214 g/mol. The third kappa shape index (κ3) is 3.07. The van der Waals surface area contributed by atoms with Crippen molar-refractivity contribution < 1.29 is 9.53 Å². The molecule has 1 aliphatic rings. The normalized spacial score (nSPS) is 14.9. The summed E-state index contributed by atoms with van der Waals surface area (Å²) >= 11 is 0. The number of fused-ring (bicyclic) bond motifs is 1. The maximum atomic E-state index is 11.8. The van der Waals surface area contributed by atoms with Crippen LogP contribution in [0.3, 0.4) is 0 Å². The molecule has 1 aliphatic carbocycles. The van der Waals surface area contributed by atoms with Crippen LogP contribution < -0.4 is 4.74 Å². The van der Waals surface area contributed by atoms with E-state index in [-0.39, 0.29) is 5.78 Å². The predicted molar refractivity (Wildman–Crippen MR) is 67.8 cm³/mol. The van der Waals surface area contributed by atoms with Crippen molar-refractivity contribution in [1.29, 1.82) is 0 Å². The summed E-state index contributed by atoms with van der Waals surface area (Å²) in [5, 5.41) is 0. The number of hydrogen-bond acceptors (Lipinski definition) is 3. The van der Waals surface area contributed by atoms with Crippen LogP contribution >= 0.6 is 0 Å². The standard InChI is InChI=1S/C14H19NO2/c1-15(2)8-9-17-12-7-6-11-4-3-5-14(16)13(11)10-12/h6-7,10H,3-5,8-9H2,1-2H3. The zero-order valence-corrected chi connectivity index (χ0v) is 10.5. The van der Waals surface area contributed by atoms with Crippen LogP contribution in [0.4, 0.5) is 0 Å². The lowest BCUT2D eigenvalue weighted by Gasteiger charge is -2.16. The highest BCUT2D eigenvalue weighted by molar-refractivity contribution is 5.98. The molecule has 0 saturated heterocycles. The lowest BCUT2D eigenvalue weighted by Crippen LogP contribution is -2.19. The molecule has 0 amide bonds. The van der Waals surface area contributed by atoms with Crippen molar-refractivity contribution in [1.82, 2.24) is 4.90 Å². The van der Waals surface area contributed by atoms with Crippen molar-refractivity contribution in [2.75, 3.05) is 27.2 Å². The molecule has 92 valence electrons. The van der Waals surface area contributed by atoms with Gasteiger partial charge in [0.2, 0.25) is 0 Å². The zero-order chi connectivity index (χ0) is 12.3. The molecule has 0 saturated carbocycles. The Hall–Kier alpha value is -1.35. The quantitative estimate of drug-likeness (QED) is 0.798. The molecule has 0 aromatic heterocycles. The van der Waals surface area contributed by atoms with Gasteiger partial charge in [-0.15, -0.1) is 0 Å². The molecular formula is C14H19NO2. The summed E-state index contributed by atoms with van der Waals surface area (Å²) in [5.41, 5.74) is 2.03. The first-order valence-corrected chi connectivity index (χ1v) is 6.10. The molecule has 0 bridgehead atoms. The number of likely N-dealkylation sites (N-methyl/N-ethyl adjacent to an activating group) is 1. The molecule has 17 heavy (non-hydrogen) atoms. The number of benzene rings is 1. The molecule has 1 aromatic carbocycles. The van der Waals surface area contributed by atoms with E-state index in [1.54, 1.807) is 0 Å². The van der Waals surface area contributed by atoms with E-state index >= 15 is 0 Å². The molecule has 0 atom stereocenters. The number of nitrogens with zero attached hydrogens (tertiary/aromatic N) is 1. The Balaban J connectivity index is 2.05. The highest BCUT2D eigenvalue weighted by atomic mass is 16.5. The van der Waals surface area contributed by atoms with Crippen LogP contribution in [-0.4, -0.2) is 37.9 Å². The Bertz CT molecular complexity index is 413. The minimum atomic E-state index is 0.254. The van der Waals surface area contributed by atoms with Gasteiger partial charge in [-0.2, -0.15) is 0 Å². The predicted octanol–water partition coefficient (Wildman–Crippen LogP) is 2.15. The lowest BCUT2D eigenvalue weighted by atomic mass is 9.90. The first-order valence-electron chi connectivity index (χ1n) is 6.10. The van der Waals surface area contributed by atoms with Gasteiger partial charge in [0.15, 0.2) is 5.78 Å². The number of hydrogen-bond donors (Lipinski definition) is 0. The number of Topliss-reactive ketones (excluding diaryl/α,β-unsaturated/α-hetero) is 1. The SMILES string of the molecule is CN(C)CCOc1ccc2c(c1)C(=O)CCC2. The molecule has 0 heterocycles. The van der Waals surface area contributed by atoms with Crippen LogP contribution in [-0.2, 0) is 6.42 Å². The minimum Gasteiger partial charge on any atom is -0.492 e. The van der Waals surface area contributed by atoms with Crippen molar-refractivity contribution in [2.24, 2.45) is 0 Å². The van der Waals surface area contributed by atoms with E-state index in [9.17, 15) is 4.79 Å². The van der Waals surface area contributed by atoms with E-state index in [2.05, 4.69) is 4.90 Å². The molecule has 0 N–H and O–H groups in total. The molecule has 0 spiro atoms. The van der Waals surface area contributed by atoms with E-state index in [1.165, 1.54) is 5.56 Å². The fourth-order valence-electron chi connectivity index (χ4n) is 2.04. The minimum absolute atomic E-state index is 0.254. The summed E-state index contributed by atoms with van der Waals surface area (Å²) < 4.78 is 5.64. The molecule has 0 unspecified atom stereocenters. The second kappa shape index (κ2) is 5.32. The fraction of sp³-hybridized carbons (Fsp3) is 0.500. The Kier molecular flexibility index (Phi) is 3.79. The van der Waals surface area contributed by atoms with E-state index in [4.69, 9.17) is 4.74 Å². The monoisotopic (exact) mass is 233 g/mol. The van der Waals surface area contributed by atoms with Crippen LogP contribution in [0.1, 0.15) is 28.8 Å². The summed E-state index contributed by atoms with van der Waals surface area (Å²) in [6.07, 6.45) is 2.67. The van der Waals surface area contributed by atoms with Crippen LogP contribution in [0, 0.1) is 0 Å². The first-order chi connectivity index (χ1) is 8.16. The van der Waals surface area contributed by atoms with Gasteiger partial charge in [0.05, 0.1) is 0 Å². The third-order valence-corrected chi connectivity index (χ3v) is 3.04. The van der Waals surface area contributed by atoms with Gasteiger partial charge in [0.1, 0.15) is 12.4 Å². The van der Waals surface area contributed by atoms with Gasteiger partial charge in [-0.05, 0) is 44.6 Å². The maximum Gasteiger partial charge on any atom is 0.163 e. The van der Waals surface area contributed by atoms with Gasteiger partial charge in [0, 0.05) is 18.5 Å². The summed E-state index contributed by atoms with van der Waals surface area (Å²) in [6, 6.07) is 5.89. The number of ketones is 1. The summed E-state index contributed by atoms with van der Waals surface area (Å²) in [6.45, 7) is 1.53. The number of carbonyl (C=O) groups excluding carboxylic acids is 1. The summed E-state index contributed by atoms with van der Waals surface area (Å²) in [5.74, 6) is 1.06. The number of rotatable bonds is 4. The van der Waals surface area contributed by atoms with Gasteiger partial charge in [-0.1, -0.05) is 6.07 Å². The second-order valence-electron chi connectivity index (χ2n) is 4.75. The van der Waals surface area contributed by atoms with E-state index in [1.807, 2.05) is 32.3 Å². The highest BCUT2D eigenvalue weighted by Gasteiger charge is 2.17. The van der Waals surface area contributed by atoms with Crippen molar-refractivity contribution in [3.05, 3.63) is 29.3 Å². The Morgan fingerprint density at radius 3 is 2.88 bits per heavy atom. The molecule has 3 heteroatoms. The lowest BCUT2D eigenvalue weighted by molar-refractivity contribution is 0.0972. The van der Waals surface area contributed by atoms with Crippen LogP contribution in [0.25, 0.3) is 0 Å². The van der Waals surface area contributed by atoms with Crippen LogP contribution in [0.15, 0.2) is 18.2 Å². The van der Waals surface area contributed by atoms with E-state index in [0.29, 0.717) is 13.0 Å². The van der Waals surface area contributed by atoms with Crippen molar-refractivity contribution in [3.8, 4) is 5.75 Å². The van der Waals surface area contributed by atoms with E-state index < -0.39 is 0 Å². The van der Waals surface area contributed by atoms with Crippen molar-refractivity contribution in [3.63, 3.8) is 0 Å². The van der Waals surface area contributed by atoms with Crippen LogP contribution in [0.5, 0.6) is 5.75 Å². The molecule has 0 aliphatic heterocycles. The van der Waals surface area contributed by atoms with Gasteiger partial charge >= 0.3 is 0 Å². The smallest absolute Gasteiger partial charge is 0.163 e. The molecule has 2 rings (SSSR count). The average molecular weight is 233 g/mol. The summed E-state index contributed by atoms with van der Waals surface area (Å²) in [4.78, 5) is 13.8. The van der Waals surface area contributed by atoms with Gasteiger partial charge in [-0.3, -0.25) is 4.79 Å². The Morgan fingerprint density at radius 2 is 2.12 bits per heavy atom. The number of ether oxygens (including phenoxy) is 1. The van der Waals surface area contributed by atoms with Crippen molar-refractivity contribution in [2.45, 2.75) is 19.3 Å². The molecule has 3 nitrogen and oxygen atoms in total. The Morgan fingerprint density at radius 1 is 1.29 bits per heavy atom. The number of aryl methyl sites for hydroxylation is 1. The Labute approximate surface area is 102 Å². The second-order valence-corrected chi connectivity index (χ2v) is 4.75. The highest BCUT2D eigenvalue weighted by Crippen LogP contribution is 2.25. The topological polar surface area (TPSA) is 29.5 Å². The van der Waals surface area contributed by atoms with Gasteiger partial charge < -0.3 is 9.64 Å². The fourth-order valence-corrected chi connectivity index (χ4v) is 2.04. The zero-order valence-electron chi connectivity index (χ0n) is 10.5.